The normalized spacial score (nSPS) is 11.2. The van der Waals surface area contributed by atoms with Crippen molar-refractivity contribution in [2.45, 2.75) is 6.54 Å². The Morgan fingerprint density at radius 2 is 2.11 bits per heavy atom. The number of benzene rings is 1. The van der Waals surface area contributed by atoms with Crippen LogP contribution in [0, 0.1) is 0 Å². The maximum absolute atomic E-state index is 9.75. The van der Waals surface area contributed by atoms with Gasteiger partial charge < -0.3 is 25.2 Å². The molecular weight excluding hydrogens is 246 g/mol. The Kier molecular flexibility index (Phi) is 6.52. The van der Waals surface area contributed by atoms with Gasteiger partial charge in [-0.25, -0.2) is 0 Å². The highest BCUT2D eigenvalue weighted by Crippen LogP contribution is 2.22. The van der Waals surface area contributed by atoms with E-state index in [1.54, 1.807) is 39.5 Å². The molecule has 1 rings (SSSR count). The lowest BCUT2D eigenvalue weighted by atomic mass is 10.2. The molecule has 1 aromatic rings. The molecule has 0 aromatic heterocycles. The van der Waals surface area contributed by atoms with Gasteiger partial charge in [-0.2, -0.15) is 0 Å². The van der Waals surface area contributed by atoms with Crippen LogP contribution in [0.25, 0.3) is 0 Å². The molecule has 19 heavy (non-hydrogen) atoms. The molecule has 0 amide bonds. The highest BCUT2D eigenvalue weighted by Gasteiger charge is 2.04. The zero-order valence-corrected chi connectivity index (χ0v) is 11.6. The summed E-state index contributed by atoms with van der Waals surface area (Å²) in [6, 6.07) is 5.10. The van der Waals surface area contributed by atoms with E-state index in [4.69, 9.17) is 9.47 Å². The van der Waals surface area contributed by atoms with E-state index in [-0.39, 0.29) is 5.75 Å². The quantitative estimate of drug-likeness (QED) is 0.402. The van der Waals surface area contributed by atoms with Gasteiger partial charge in [0.1, 0.15) is 11.5 Å². The molecule has 3 N–H and O–H groups in total. The molecule has 0 heterocycles. The molecule has 6 heteroatoms. The summed E-state index contributed by atoms with van der Waals surface area (Å²) in [6.45, 7) is 1.72. The third kappa shape index (κ3) is 5.05. The number of rotatable bonds is 6. The predicted octanol–water partition coefficient (Wildman–Crippen LogP) is 0.712. The second-order valence-corrected chi connectivity index (χ2v) is 3.84. The van der Waals surface area contributed by atoms with Gasteiger partial charge in [-0.15, -0.1) is 0 Å². The van der Waals surface area contributed by atoms with Crippen LogP contribution in [0.1, 0.15) is 5.56 Å². The Hall–Kier alpha value is -1.95. The Balaban J connectivity index is 2.54. The maximum Gasteiger partial charge on any atom is 0.191 e. The van der Waals surface area contributed by atoms with E-state index in [9.17, 15) is 5.11 Å². The SMILES string of the molecule is CN=C(NCCOC)NCc1cc(OC)ccc1O. The molecule has 0 aliphatic rings. The second-order valence-electron chi connectivity index (χ2n) is 3.84. The van der Waals surface area contributed by atoms with Crippen molar-refractivity contribution in [1.82, 2.24) is 10.6 Å². The zero-order valence-electron chi connectivity index (χ0n) is 11.6. The van der Waals surface area contributed by atoms with E-state index >= 15 is 0 Å². The van der Waals surface area contributed by atoms with E-state index in [1.807, 2.05) is 0 Å². The maximum atomic E-state index is 9.75. The van der Waals surface area contributed by atoms with Crippen LogP contribution in [-0.2, 0) is 11.3 Å². The average molecular weight is 267 g/mol. The number of hydrogen-bond donors (Lipinski definition) is 3. The summed E-state index contributed by atoms with van der Waals surface area (Å²) in [5.74, 6) is 1.58. The highest BCUT2D eigenvalue weighted by atomic mass is 16.5. The first kappa shape index (κ1) is 15.1. The summed E-state index contributed by atoms with van der Waals surface area (Å²) in [6.07, 6.45) is 0. The van der Waals surface area contributed by atoms with Gasteiger partial charge in [-0.3, -0.25) is 4.99 Å². The molecular formula is C13H21N3O3. The van der Waals surface area contributed by atoms with Crippen LogP contribution in [0.5, 0.6) is 11.5 Å². The van der Waals surface area contributed by atoms with Crippen molar-refractivity contribution in [1.29, 1.82) is 0 Å². The zero-order chi connectivity index (χ0) is 14.1. The van der Waals surface area contributed by atoms with E-state index in [1.165, 1.54) is 0 Å². The topological polar surface area (TPSA) is 75.1 Å². The number of phenols is 1. The summed E-state index contributed by atoms with van der Waals surface area (Å²) in [5.41, 5.74) is 0.744. The number of nitrogens with one attached hydrogen (secondary N) is 2. The van der Waals surface area contributed by atoms with Gasteiger partial charge in [-0.1, -0.05) is 0 Å². The average Bonchev–Trinajstić information content (AvgIpc) is 2.44. The molecule has 0 bridgehead atoms. The van der Waals surface area contributed by atoms with E-state index in [0.29, 0.717) is 31.4 Å². The minimum absolute atomic E-state index is 0.223. The number of nitrogens with zero attached hydrogens (tertiary/aromatic N) is 1. The molecule has 0 unspecified atom stereocenters. The van der Waals surface area contributed by atoms with Gasteiger partial charge >= 0.3 is 0 Å². The lowest BCUT2D eigenvalue weighted by Gasteiger charge is -2.13. The van der Waals surface area contributed by atoms with Gasteiger partial charge in [0.2, 0.25) is 0 Å². The third-order valence-corrected chi connectivity index (χ3v) is 2.56. The fourth-order valence-corrected chi connectivity index (χ4v) is 1.50. The van der Waals surface area contributed by atoms with Gasteiger partial charge in [0.15, 0.2) is 5.96 Å². The van der Waals surface area contributed by atoms with E-state index < -0.39 is 0 Å². The number of hydrogen-bond acceptors (Lipinski definition) is 4. The Labute approximate surface area is 113 Å². The number of ether oxygens (including phenoxy) is 2. The first-order valence-corrected chi connectivity index (χ1v) is 6.00. The number of phenolic OH excluding ortho intramolecular Hbond substituents is 1. The summed E-state index contributed by atoms with van der Waals surface area (Å²) >= 11 is 0. The predicted molar refractivity (Wildman–Crippen MR) is 74.7 cm³/mol. The van der Waals surface area contributed by atoms with Crippen molar-refractivity contribution >= 4 is 5.96 Å². The summed E-state index contributed by atoms with van der Waals surface area (Å²) in [7, 11) is 4.93. The van der Waals surface area contributed by atoms with E-state index in [2.05, 4.69) is 15.6 Å². The molecule has 0 spiro atoms. The number of aromatic hydroxyl groups is 1. The molecule has 1 aromatic carbocycles. The second kappa shape index (κ2) is 8.20. The van der Waals surface area contributed by atoms with Crippen molar-refractivity contribution in [2.24, 2.45) is 4.99 Å². The summed E-state index contributed by atoms with van der Waals surface area (Å²) in [4.78, 5) is 4.07. The molecule has 0 fully saturated rings. The van der Waals surface area contributed by atoms with E-state index in [0.717, 1.165) is 5.56 Å². The molecule has 6 nitrogen and oxygen atoms in total. The van der Waals surface area contributed by atoms with Crippen molar-refractivity contribution in [3.8, 4) is 11.5 Å². The molecule has 0 radical (unpaired) electrons. The monoisotopic (exact) mass is 267 g/mol. The fourth-order valence-electron chi connectivity index (χ4n) is 1.50. The third-order valence-electron chi connectivity index (χ3n) is 2.56. The van der Waals surface area contributed by atoms with Gasteiger partial charge in [0, 0.05) is 32.8 Å². The van der Waals surface area contributed by atoms with Crippen LogP contribution in [-0.4, -0.2) is 45.5 Å². The Morgan fingerprint density at radius 3 is 2.74 bits per heavy atom. The first-order valence-electron chi connectivity index (χ1n) is 6.00. The minimum Gasteiger partial charge on any atom is -0.508 e. The van der Waals surface area contributed by atoms with Crippen molar-refractivity contribution in [2.75, 3.05) is 34.4 Å². The molecule has 0 aliphatic carbocycles. The number of aliphatic imine (C=N–C) groups is 1. The van der Waals surface area contributed by atoms with Gasteiger partial charge in [-0.05, 0) is 18.2 Å². The van der Waals surface area contributed by atoms with Crippen molar-refractivity contribution in [3.63, 3.8) is 0 Å². The van der Waals surface area contributed by atoms with Crippen LogP contribution in [0.4, 0.5) is 0 Å². The Bertz CT molecular complexity index is 422. The van der Waals surface area contributed by atoms with Gasteiger partial charge in [0.05, 0.1) is 13.7 Å². The largest absolute Gasteiger partial charge is 0.508 e. The smallest absolute Gasteiger partial charge is 0.191 e. The number of methoxy groups -OCH3 is 2. The molecule has 106 valence electrons. The van der Waals surface area contributed by atoms with Crippen LogP contribution < -0.4 is 15.4 Å². The van der Waals surface area contributed by atoms with Crippen LogP contribution >= 0.6 is 0 Å². The van der Waals surface area contributed by atoms with Crippen molar-refractivity contribution in [3.05, 3.63) is 23.8 Å². The molecule has 0 saturated heterocycles. The Morgan fingerprint density at radius 1 is 1.32 bits per heavy atom. The lowest BCUT2D eigenvalue weighted by Crippen LogP contribution is -2.38. The van der Waals surface area contributed by atoms with Crippen LogP contribution in [0.3, 0.4) is 0 Å². The molecule has 0 saturated carbocycles. The highest BCUT2D eigenvalue weighted by molar-refractivity contribution is 5.79. The fraction of sp³-hybridized carbons (Fsp3) is 0.462. The standard InChI is InChI=1S/C13H21N3O3/c1-14-13(15-6-7-18-2)16-9-10-8-11(19-3)4-5-12(10)17/h4-5,8,17H,6-7,9H2,1-3H3,(H2,14,15,16). The van der Waals surface area contributed by atoms with Crippen molar-refractivity contribution < 1.29 is 14.6 Å². The number of guanidine groups is 1. The lowest BCUT2D eigenvalue weighted by molar-refractivity contribution is 0.203. The van der Waals surface area contributed by atoms with Crippen LogP contribution in [0.2, 0.25) is 0 Å². The van der Waals surface area contributed by atoms with Gasteiger partial charge in [0.25, 0.3) is 0 Å². The van der Waals surface area contributed by atoms with Crippen LogP contribution in [0.15, 0.2) is 23.2 Å². The molecule has 0 atom stereocenters. The minimum atomic E-state index is 0.223. The molecule has 0 aliphatic heterocycles. The first-order chi connectivity index (χ1) is 9.21. The summed E-state index contributed by atoms with van der Waals surface area (Å²) in [5, 5.41) is 15.9. The summed E-state index contributed by atoms with van der Waals surface area (Å²) < 4.78 is 10.1.